The average molecular weight is 455 g/mol. The van der Waals surface area contributed by atoms with Crippen molar-refractivity contribution in [1.29, 1.82) is 0 Å². The van der Waals surface area contributed by atoms with E-state index in [9.17, 15) is 14.6 Å². The normalized spacial score (nSPS) is 11.1. The maximum absolute atomic E-state index is 13.3. The molecule has 5 aromatic rings. The summed E-state index contributed by atoms with van der Waals surface area (Å²) in [6.07, 6.45) is 2.55. The third-order valence-corrected chi connectivity index (χ3v) is 5.68. The van der Waals surface area contributed by atoms with E-state index in [1.807, 2.05) is 30.3 Å². The van der Waals surface area contributed by atoms with E-state index < -0.39 is 0 Å². The fourth-order valence-corrected chi connectivity index (χ4v) is 3.99. The lowest BCUT2D eigenvalue weighted by Crippen LogP contribution is -2.01. The topological polar surface area (TPSA) is 79.9 Å². The molecule has 2 heterocycles. The zero-order valence-corrected chi connectivity index (χ0v) is 18.4. The highest BCUT2D eigenvalue weighted by atomic mass is 19.1. The number of aromatic nitrogens is 3. The van der Waals surface area contributed by atoms with Gasteiger partial charge in [0, 0.05) is 30.7 Å². The monoisotopic (exact) mass is 455 g/mol. The van der Waals surface area contributed by atoms with Crippen molar-refractivity contribution in [2.75, 3.05) is 7.11 Å². The molecular weight excluding hydrogens is 433 g/mol. The molecule has 7 heteroatoms. The summed E-state index contributed by atoms with van der Waals surface area (Å²) in [6, 6.07) is 20.8. The molecule has 0 atom stereocenters. The maximum atomic E-state index is 13.3. The van der Waals surface area contributed by atoms with Gasteiger partial charge in [-0.05, 0) is 35.4 Å². The van der Waals surface area contributed by atoms with Gasteiger partial charge < -0.3 is 14.9 Å². The number of benzene rings is 3. The minimum atomic E-state index is -0.315. The van der Waals surface area contributed by atoms with Crippen LogP contribution in [0, 0.1) is 5.82 Å². The van der Waals surface area contributed by atoms with Crippen molar-refractivity contribution < 1.29 is 19.3 Å². The molecule has 0 aliphatic carbocycles. The van der Waals surface area contributed by atoms with Crippen LogP contribution >= 0.6 is 0 Å². The molecule has 2 N–H and O–H groups in total. The van der Waals surface area contributed by atoms with Crippen molar-refractivity contribution in [3.8, 4) is 28.6 Å². The van der Waals surface area contributed by atoms with Crippen molar-refractivity contribution in [2.45, 2.75) is 12.8 Å². The van der Waals surface area contributed by atoms with E-state index in [1.165, 1.54) is 25.3 Å². The van der Waals surface area contributed by atoms with Gasteiger partial charge in [-0.25, -0.2) is 14.4 Å². The number of halogens is 1. The zero-order chi connectivity index (χ0) is 23.7. The van der Waals surface area contributed by atoms with Crippen LogP contribution in [0.2, 0.25) is 0 Å². The molecule has 5 rings (SSSR count). The number of phenolic OH excluding ortho intramolecular Hbond substituents is 1. The van der Waals surface area contributed by atoms with Gasteiger partial charge in [-0.3, -0.25) is 4.40 Å². The minimum Gasteiger partial charge on any atom is -0.508 e. The van der Waals surface area contributed by atoms with Gasteiger partial charge >= 0.3 is 0 Å². The molecule has 0 saturated heterocycles. The number of hydrogen-bond acceptors (Lipinski definition) is 5. The Morgan fingerprint density at radius 1 is 0.853 bits per heavy atom. The van der Waals surface area contributed by atoms with Gasteiger partial charge in [-0.1, -0.05) is 42.5 Å². The van der Waals surface area contributed by atoms with Crippen LogP contribution in [-0.4, -0.2) is 31.7 Å². The standard InChI is InChI=1S/C27H22FN3O3/c1-34-25-15-20(32)11-12-21(25)24-16-31-26(22(29-24)13-17-5-3-2-4-6-17)30-23(27(31)33)14-18-7-9-19(28)10-8-18/h2-12,15-16,32-33H,13-14H2,1H3. The van der Waals surface area contributed by atoms with Gasteiger partial charge in [0.15, 0.2) is 5.65 Å². The van der Waals surface area contributed by atoms with Crippen LogP contribution in [0.25, 0.3) is 16.9 Å². The Kier molecular flexibility index (Phi) is 5.59. The van der Waals surface area contributed by atoms with Crippen molar-refractivity contribution in [3.05, 3.63) is 107 Å². The van der Waals surface area contributed by atoms with Gasteiger partial charge in [0.2, 0.25) is 5.88 Å². The van der Waals surface area contributed by atoms with Crippen molar-refractivity contribution in [1.82, 2.24) is 14.4 Å². The fraction of sp³-hybridized carbons (Fsp3) is 0.111. The van der Waals surface area contributed by atoms with Crippen molar-refractivity contribution in [3.63, 3.8) is 0 Å². The second-order valence-corrected chi connectivity index (χ2v) is 8.00. The van der Waals surface area contributed by atoms with E-state index in [4.69, 9.17) is 14.7 Å². The Morgan fingerprint density at radius 2 is 1.56 bits per heavy atom. The molecule has 0 aliphatic heterocycles. The lowest BCUT2D eigenvalue weighted by molar-refractivity contribution is 0.409. The highest BCUT2D eigenvalue weighted by Gasteiger charge is 2.19. The Morgan fingerprint density at radius 3 is 2.29 bits per heavy atom. The molecule has 0 amide bonds. The number of methoxy groups -OCH3 is 1. The van der Waals surface area contributed by atoms with E-state index in [2.05, 4.69) is 0 Å². The summed E-state index contributed by atoms with van der Waals surface area (Å²) in [5.74, 6) is 0.224. The Hall–Kier alpha value is -4.39. The van der Waals surface area contributed by atoms with E-state index in [1.54, 1.807) is 34.9 Å². The molecule has 34 heavy (non-hydrogen) atoms. The van der Waals surface area contributed by atoms with Crippen LogP contribution in [-0.2, 0) is 12.8 Å². The molecule has 3 aromatic carbocycles. The predicted molar refractivity (Wildman–Crippen MR) is 127 cm³/mol. The SMILES string of the molecule is COc1cc(O)ccc1-c1cn2c(O)c(Cc3ccc(F)cc3)nc2c(Cc2ccccc2)n1. The first-order valence-corrected chi connectivity index (χ1v) is 10.8. The van der Waals surface area contributed by atoms with Gasteiger partial charge in [-0.2, -0.15) is 0 Å². The molecule has 0 unspecified atom stereocenters. The summed E-state index contributed by atoms with van der Waals surface area (Å²) >= 11 is 0. The molecule has 0 aliphatic rings. The number of phenols is 1. The summed E-state index contributed by atoms with van der Waals surface area (Å²) in [7, 11) is 1.52. The quantitative estimate of drug-likeness (QED) is 0.371. The Balaban J connectivity index is 1.67. The van der Waals surface area contributed by atoms with Gasteiger partial charge in [0.1, 0.15) is 23.0 Å². The lowest BCUT2D eigenvalue weighted by atomic mass is 10.1. The number of aromatic hydroxyl groups is 2. The highest BCUT2D eigenvalue weighted by molar-refractivity contribution is 5.70. The molecule has 0 fully saturated rings. The van der Waals surface area contributed by atoms with Crippen LogP contribution in [0.15, 0.2) is 79.0 Å². The highest BCUT2D eigenvalue weighted by Crippen LogP contribution is 2.34. The maximum Gasteiger partial charge on any atom is 0.219 e. The number of nitrogens with zero attached hydrogens (tertiary/aromatic N) is 3. The van der Waals surface area contributed by atoms with E-state index in [-0.39, 0.29) is 17.4 Å². The van der Waals surface area contributed by atoms with Crippen molar-refractivity contribution >= 4 is 5.65 Å². The van der Waals surface area contributed by atoms with Crippen LogP contribution in [0.4, 0.5) is 4.39 Å². The first-order chi connectivity index (χ1) is 16.5. The number of ether oxygens (including phenoxy) is 1. The Labute approximate surface area is 195 Å². The lowest BCUT2D eigenvalue weighted by Gasteiger charge is -2.11. The molecule has 0 spiro atoms. The van der Waals surface area contributed by atoms with Gasteiger partial charge in [0.05, 0.1) is 18.5 Å². The third kappa shape index (κ3) is 4.15. The molecule has 0 radical (unpaired) electrons. The number of fused-ring (bicyclic) bond motifs is 1. The molecule has 0 saturated carbocycles. The minimum absolute atomic E-state index is 0.00460. The number of hydrogen-bond donors (Lipinski definition) is 2. The largest absolute Gasteiger partial charge is 0.508 e. The van der Waals surface area contributed by atoms with Crippen LogP contribution in [0.3, 0.4) is 0 Å². The van der Waals surface area contributed by atoms with Crippen molar-refractivity contribution in [2.24, 2.45) is 0 Å². The predicted octanol–water partition coefficient (Wildman–Crippen LogP) is 5.14. The summed E-state index contributed by atoms with van der Waals surface area (Å²) in [6.45, 7) is 0. The first-order valence-electron chi connectivity index (χ1n) is 10.8. The smallest absolute Gasteiger partial charge is 0.219 e. The number of imidazole rings is 1. The Bertz CT molecular complexity index is 1460. The average Bonchev–Trinajstić information content (AvgIpc) is 3.16. The second-order valence-electron chi connectivity index (χ2n) is 8.00. The summed E-state index contributed by atoms with van der Waals surface area (Å²) < 4.78 is 20.4. The molecular formula is C27H22FN3O3. The molecule has 2 aromatic heterocycles. The summed E-state index contributed by atoms with van der Waals surface area (Å²) in [4.78, 5) is 9.58. The van der Waals surface area contributed by atoms with E-state index in [0.717, 1.165) is 11.1 Å². The summed E-state index contributed by atoms with van der Waals surface area (Å²) in [5.41, 5.74) is 4.81. The van der Waals surface area contributed by atoms with Gasteiger partial charge in [-0.15, -0.1) is 0 Å². The first kappa shape index (κ1) is 21.5. The zero-order valence-electron chi connectivity index (χ0n) is 18.4. The number of rotatable bonds is 6. The van der Waals surface area contributed by atoms with Crippen LogP contribution < -0.4 is 4.74 Å². The van der Waals surface area contributed by atoms with E-state index in [0.29, 0.717) is 46.9 Å². The molecule has 0 bridgehead atoms. The molecule has 6 nitrogen and oxygen atoms in total. The fourth-order valence-electron chi connectivity index (χ4n) is 3.99. The molecule has 170 valence electrons. The van der Waals surface area contributed by atoms with Crippen LogP contribution in [0.5, 0.6) is 17.4 Å². The van der Waals surface area contributed by atoms with Gasteiger partial charge in [0.25, 0.3) is 0 Å². The van der Waals surface area contributed by atoms with E-state index >= 15 is 0 Å². The second kappa shape index (κ2) is 8.86. The van der Waals surface area contributed by atoms with Crippen LogP contribution in [0.1, 0.15) is 22.5 Å². The third-order valence-electron chi connectivity index (χ3n) is 5.68. The summed E-state index contributed by atoms with van der Waals surface area (Å²) in [5, 5.41) is 20.9.